The van der Waals surface area contributed by atoms with Crippen LogP contribution in [0.15, 0.2) is 29.4 Å². The second kappa shape index (κ2) is 10.1. The lowest BCUT2D eigenvalue weighted by Crippen LogP contribution is -2.50. The van der Waals surface area contributed by atoms with Gasteiger partial charge in [0.25, 0.3) is 5.91 Å². The zero-order valence-electron chi connectivity index (χ0n) is 18.1. The van der Waals surface area contributed by atoms with Crippen LogP contribution in [0, 0.1) is 36.4 Å². The van der Waals surface area contributed by atoms with Gasteiger partial charge in [-0.05, 0) is 43.1 Å². The molecule has 0 unspecified atom stereocenters. The number of azide groups is 1. The van der Waals surface area contributed by atoms with Crippen molar-refractivity contribution in [2.24, 2.45) is 5.11 Å². The number of halogens is 5. The molecular weight excluding hydrogens is 490 g/mol. The number of carbonyl (C=O) groups excluding carboxylic acids is 1. The Bertz CT molecular complexity index is 1290. The van der Waals surface area contributed by atoms with Crippen LogP contribution in [0.1, 0.15) is 23.2 Å². The van der Waals surface area contributed by atoms with Gasteiger partial charge < -0.3 is 4.90 Å². The van der Waals surface area contributed by atoms with Gasteiger partial charge in [0.2, 0.25) is 0 Å². The Morgan fingerprint density at radius 3 is 2.74 bits per heavy atom. The molecule has 2 heterocycles. The molecule has 0 spiro atoms. The molecule has 0 saturated carbocycles. The van der Waals surface area contributed by atoms with Gasteiger partial charge in [-0.25, -0.2) is 9.37 Å². The highest BCUT2D eigenvalue weighted by Crippen LogP contribution is 2.38. The topological polar surface area (TPSA) is 109 Å². The Balaban J connectivity index is 2.17. The lowest BCUT2D eigenvalue weighted by Gasteiger charge is -2.32. The number of amides is 1. The summed E-state index contributed by atoms with van der Waals surface area (Å²) in [5.74, 6) is 0.443. The molecule has 1 aliphatic heterocycles. The molecule has 1 fully saturated rings. The van der Waals surface area contributed by atoms with E-state index in [-0.39, 0.29) is 41.7 Å². The number of benzene rings is 1. The molecule has 35 heavy (non-hydrogen) atoms. The third kappa shape index (κ3) is 5.09. The highest BCUT2D eigenvalue weighted by atomic mass is 35.5. The minimum Gasteiger partial charge on any atom is -0.343 e. The standard InChI is InChI=1S/C22H16ClF4N7O/c1-3-7-33(13-4-5-17(24)16(23)10-13)21(35)19-18(31-32-29)6-8-34(19)20-14(11-28)15(22(25,26)27)9-12(2)30-20/h1,4-5,9-10,18-19H,6-8H2,2H3/t18-,19+/m1/s1. The van der Waals surface area contributed by atoms with E-state index in [9.17, 15) is 27.6 Å². The summed E-state index contributed by atoms with van der Waals surface area (Å²) >= 11 is 5.85. The van der Waals surface area contributed by atoms with Crippen molar-refractivity contribution in [1.29, 1.82) is 5.26 Å². The quantitative estimate of drug-likeness (QED) is 0.187. The minimum absolute atomic E-state index is 0.0312. The fraction of sp³-hybridized carbons (Fsp3) is 0.318. The number of hydrogen-bond donors (Lipinski definition) is 0. The third-order valence-electron chi connectivity index (χ3n) is 5.37. The largest absolute Gasteiger partial charge is 0.417 e. The second-order valence-corrected chi connectivity index (χ2v) is 7.95. The van der Waals surface area contributed by atoms with E-state index in [1.165, 1.54) is 30.0 Å². The van der Waals surface area contributed by atoms with Crippen LogP contribution < -0.4 is 9.80 Å². The molecule has 0 radical (unpaired) electrons. The van der Waals surface area contributed by atoms with Crippen molar-refractivity contribution in [1.82, 2.24) is 4.98 Å². The number of nitrogens with zero attached hydrogens (tertiary/aromatic N) is 7. The summed E-state index contributed by atoms with van der Waals surface area (Å²) < 4.78 is 54.6. The van der Waals surface area contributed by atoms with Crippen molar-refractivity contribution < 1.29 is 22.4 Å². The predicted octanol–water partition coefficient (Wildman–Crippen LogP) is 5.00. The molecule has 13 heteroatoms. The highest BCUT2D eigenvalue weighted by Gasteiger charge is 2.44. The zero-order valence-corrected chi connectivity index (χ0v) is 18.8. The van der Waals surface area contributed by atoms with Crippen molar-refractivity contribution >= 4 is 29.0 Å². The lowest BCUT2D eigenvalue weighted by molar-refractivity contribution is -0.137. The number of aryl methyl sites for hydroxylation is 1. The average Bonchev–Trinajstić information content (AvgIpc) is 3.21. The molecule has 1 aliphatic rings. The van der Waals surface area contributed by atoms with Crippen LogP contribution in [0.25, 0.3) is 10.4 Å². The number of pyridine rings is 1. The lowest BCUT2D eigenvalue weighted by atomic mass is 10.1. The molecule has 1 saturated heterocycles. The summed E-state index contributed by atoms with van der Waals surface area (Å²) in [7, 11) is 0. The number of nitriles is 1. The first-order chi connectivity index (χ1) is 16.5. The normalized spacial score (nSPS) is 17.3. The zero-order chi connectivity index (χ0) is 25.9. The number of terminal acetylenes is 1. The van der Waals surface area contributed by atoms with Gasteiger partial charge in [0.15, 0.2) is 0 Å². The van der Waals surface area contributed by atoms with Gasteiger partial charge in [-0.1, -0.05) is 22.6 Å². The summed E-state index contributed by atoms with van der Waals surface area (Å²) in [6.07, 6.45) is 0.660. The maximum Gasteiger partial charge on any atom is 0.417 e. The maximum absolute atomic E-state index is 13.7. The summed E-state index contributed by atoms with van der Waals surface area (Å²) in [6.45, 7) is 0.994. The number of hydrogen-bond acceptors (Lipinski definition) is 5. The molecule has 1 aromatic carbocycles. The Morgan fingerprint density at radius 2 is 2.17 bits per heavy atom. The molecular formula is C22H16ClF4N7O. The number of aromatic nitrogens is 1. The molecule has 1 aromatic heterocycles. The van der Waals surface area contributed by atoms with Crippen LogP contribution in [-0.4, -0.2) is 36.1 Å². The van der Waals surface area contributed by atoms with E-state index in [1.54, 1.807) is 0 Å². The summed E-state index contributed by atoms with van der Waals surface area (Å²) in [5.41, 5.74) is 7.13. The van der Waals surface area contributed by atoms with Gasteiger partial charge in [-0.15, -0.1) is 6.42 Å². The number of anilines is 2. The molecule has 2 aromatic rings. The van der Waals surface area contributed by atoms with Gasteiger partial charge >= 0.3 is 6.18 Å². The van der Waals surface area contributed by atoms with Gasteiger partial charge in [-0.3, -0.25) is 9.69 Å². The molecule has 2 atom stereocenters. The maximum atomic E-state index is 13.7. The molecule has 3 rings (SSSR count). The fourth-order valence-corrected chi connectivity index (χ4v) is 4.07. The van der Waals surface area contributed by atoms with Crippen molar-refractivity contribution in [3.8, 4) is 18.4 Å². The summed E-state index contributed by atoms with van der Waals surface area (Å²) in [4.78, 5) is 22.8. The highest BCUT2D eigenvalue weighted by molar-refractivity contribution is 6.31. The van der Waals surface area contributed by atoms with E-state index >= 15 is 0 Å². The molecule has 0 aliphatic carbocycles. The smallest absolute Gasteiger partial charge is 0.343 e. The van der Waals surface area contributed by atoms with E-state index in [2.05, 4.69) is 20.9 Å². The first-order valence-corrected chi connectivity index (χ1v) is 10.4. The Labute approximate surface area is 202 Å². The van der Waals surface area contributed by atoms with Crippen molar-refractivity contribution in [3.63, 3.8) is 0 Å². The Kier molecular flexibility index (Phi) is 7.39. The molecule has 8 nitrogen and oxygen atoms in total. The Hall–Kier alpha value is -3.99. The van der Waals surface area contributed by atoms with Gasteiger partial charge in [-0.2, -0.15) is 18.4 Å². The first-order valence-electron chi connectivity index (χ1n) is 10.0. The third-order valence-corrected chi connectivity index (χ3v) is 5.66. The van der Waals surface area contributed by atoms with Crippen LogP contribution in [0.5, 0.6) is 0 Å². The van der Waals surface area contributed by atoms with E-state index in [1.807, 2.05) is 0 Å². The fourth-order valence-electron chi connectivity index (χ4n) is 3.90. The van der Waals surface area contributed by atoms with Crippen LogP contribution in [0.4, 0.5) is 29.1 Å². The average molecular weight is 506 g/mol. The van der Waals surface area contributed by atoms with Crippen molar-refractivity contribution in [2.45, 2.75) is 31.6 Å². The van der Waals surface area contributed by atoms with Crippen LogP contribution in [0.2, 0.25) is 5.02 Å². The van der Waals surface area contributed by atoms with Gasteiger partial charge in [0.05, 0.1) is 23.2 Å². The number of carbonyl (C=O) groups is 1. The van der Waals surface area contributed by atoms with Gasteiger partial charge in [0, 0.05) is 22.8 Å². The Morgan fingerprint density at radius 1 is 1.46 bits per heavy atom. The molecule has 1 amide bonds. The van der Waals surface area contributed by atoms with Crippen LogP contribution in [0.3, 0.4) is 0 Å². The van der Waals surface area contributed by atoms with Crippen molar-refractivity contribution in [2.75, 3.05) is 22.9 Å². The molecule has 0 N–H and O–H groups in total. The van der Waals surface area contributed by atoms with Crippen LogP contribution >= 0.6 is 11.6 Å². The first kappa shape index (κ1) is 25.6. The number of alkyl halides is 3. The van der Waals surface area contributed by atoms with Crippen LogP contribution in [-0.2, 0) is 11.0 Å². The van der Waals surface area contributed by atoms with E-state index in [0.717, 1.165) is 17.0 Å². The predicted molar refractivity (Wildman–Crippen MR) is 120 cm³/mol. The molecule has 180 valence electrons. The summed E-state index contributed by atoms with van der Waals surface area (Å²) in [5, 5.41) is 12.9. The second-order valence-electron chi connectivity index (χ2n) is 7.55. The van der Waals surface area contributed by atoms with E-state index in [0.29, 0.717) is 0 Å². The SMILES string of the molecule is C#CCN(C(=O)[C@@H]1[C@H](N=[N+]=[N-])CCN1c1nc(C)cc(C(F)(F)F)c1C#N)c1ccc(F)c(Cl)c1. The van der Waals surface area contributed by atoms with Gasteiger partial charge in [0.1, 0.15) is 29.3 Å². The minimum atomic E-state index is -4.85. The summed E-state index contributed by atoms with van der Waals surface area (Å²) in [6, 6.07) is 3.38. The molecule has 0 bridgehead atoms. The number of rotatable bonds is 5. The monoisotopic (exact) mass is 505 g/mol. The van der Waals surface area contributed by atoms with E-state index in [4.69, 9.17) is 23.6 Å². The van der Waals surface area contributed by atoms with Crippen molar-refractivity contribution in [3.05, 3.63) is 62.4 Å². The van der Waals surface area contributed by atoms with E-state index < -0.39 is 41.1 Å².